The van der Waals surface area contributed by atoms with E-state index in [1.807, 2.05) is 25.7 Å². The number of nitrogens with two attached hydrogens (primary N) is 1. The van der Waals surface area contributed by atoms with Crippen molar-refractivity contribution in [2.24, 2.45) is 17.6 Å². The molecule has 1 amide bonds. The third-order valence-corrected chi connectivity index (χ3v) is 12.0. The number of carbonyl (C=O) groups excluding carboxylic acids is 1. The van der Waals surface area contributed by atoms with Crippen LogP contribution in [0.5, 0.6) is 0 Å². The zero-order valence-electron chi connectivity index (χ0n) is 22.2. The Morgan fingerprint density at radius 1 is 1.23 bits per heavy atom. The van der Waals surface area contributed by atoms with E-state index in [1.54, 1.807) is 16.7 Å². The van der Waals surface area contributed by atoms with Crippen LogP contribution in [0.4, 0.5) is 0 Å². The zero-order valence-corrected chi connectivity index (χ0v) is 24.6. The monoisotopic (exact) mass is 589 g/mol. The van der Waals surface area contributed by atoms with E-state index in [0.717, 1.165) is 49.1 Å². The number of hydrogen-bond acceptors (Lipinski definition) is 8. The molecule has 0 aromatic carbocycles. The van der Waals surface area contributed by atoms with Crippen LogP contribution in [0.2, 0.25) is 5.15 Å². The van der Waals surface area contributed by atoms with Crippen molar-refractivity contribution in [1.29, 1.82) is 0 Å². The van der Waals surface area contributed by atoms with Crippen molar-refractivity contribution < 1.29 is 13.2 Å². The van der Waals surface area contributed by atoms with Crippen LogP contribution in [0, 0.1) is 11.8 Å². The minimum absolute atomic E-state index is 0.0572. The van der Waals surface area contributed by atoms with Gasteiger partial charge in [-0.25, -0.2) is 18.1 Å². The van der Waals surface area contributed by atoms with Gasteiger partial charge in [-0.15, -0.1) is 10.2 Å². The number of nitrogens with zero attached hydrogens (tertiary/aromatic N) is 5. The Morgan fingerprint density at radius 2 is 1.97 bits per heavy atom. The molecule has 0 radical (unpaired) electrons. The Balaban J connectivity index is 1.36. The Bertz CT molecular complexity index is 1640. The van der Waals surface area contributed by atoms with Gasteiger partial charge in [0.2, 0.25) is 15.9 Å². The van der Waals surface area contributed by atoms with E-state index in [-0.39, 0.29) is 28.1 Å². The lowest BCUT2D eigenvalue weighted by Crippen LogP contribution is -2.42. The summed E-state index contributed by atoms with van der Waals surface area (Å²) in [4.78, 5) is 19.5. The highest BCUT2D eigenvalue weighted by Gasteiger charge is 2.59. The van der Waals surface area contributed by atoms with Crippen molar-refractivity contribution in [2.75, 3.05) is 13.1 Å². The number of hydrogen-bond donors (Lipinski definition) is 2. The molecule has 0 spiro atoms. The smallest absolute Gasteiger partial charge is 0.242 e. The van der Waals surface area contributed by atoms with Gasteiger partial charge in [-0.2, -0.15) is 0 Å². The Hall–Kier alpha value is -2.12. The summed E-state index contributed by atoms with van der Waals surface area (Å²) in [6.07, 6.45) is 6.56. The molecule has 1 aliphatic heterocycles. The van der Waals surface area contributed by atoms with Crippen LogP contribution in [0.25, 0.3) is 16.3 Å². The number of fused-ring (bicyclic) bond motifs is 2. The second-order valence-electron chi connectivity index (χ2n) is 12.5. The van der Waals surface area contributed by atoms with Crippen molar-refractivity contribution in [3.05, 3.63) is 28.0 Å². The van der Waals surface area contributed by atoms with Crippen molar-refractivity contribution in [1.82, 2.24) is 29.2 Å². The van der Waals surface area contributed by atoms with Gasteiger partial charge in [0.15, 0.2) is 16.0 Å². The first kappa shape index (κ1) is 25.8. The number of imidazole rings is 1. The second kappa shape index (κ2) is 8.22. The third kappa shape index (κ3) is 4.13. The number of likely N-dealkylation sites (tertiary alicyclic amines) is 1. The largest absolute Gasteiger partial charge is 0.342 e. The summed E-state index contributed by atoms with van der Waals surface area (Å²) in [5.41, 5.74) is 6.82. The van der Waals surface area contributed by atoms with E-state index < -0.39 is 21.1 Å². The molecule has 3 aromatic rings. The number of sulfonamides is 1. The van der Waals surface area contributed by atoms with Gasteiger partial charge in [0.1, 0.15) is 5.01 Å². The third-order valence-electron chi connectivity index (χ3n) is 9.03. The number of piperidine rings is 1. The molecule has 208 valence electrons. The molecule has 4 fully saturated rings. The lowest BCUT2D eigenvalue weighted by atomic mass is 9.86. The summed E-state index contributed by atoms with van der Waals surface area (Å²) in [5.74, 6) is 0.793. The van der Waals surface area contributed by atoms with Crippen LogP contribution < -0.4 is 10.5 Å². The standard InChI is InChI=1S/C26H32ClN7O3S2/c1-14(2)22(35)33-9-8-25(11-15(25)12-33)17-10-16(39(36,37)32-24(3)4-5-24)13-34-18(17)19(27)29-20(34)21-30-31-23(38-21)26(28)6-7-26/h10,13-15,32H,4-9,11-12,28H2,1-3H3/t15-,25+/m0/s1. The molecule has 3 aromatic heterocycles. The highest BCUT2D eigenvalue weighted by molar-refractivity contribution is 7.89. The molecule has 10 nitrogen and oxygen atoms in total. The maximum Gasteiger partial charge on any atom is 0.242 e. The molecule has 1 saturated heterocycles. The number of pyridine rings is 1. The van der Waals surface area contributed by atoms with E-state index >= 15 is 0 Å². The molecular formula is C26H32ClN7O3S2. The molecule has 7 rings (SSSR count). The van der Waals surface area contributed by atoms with Crippen molar-refractivity contribution in [3.8, 4) is 10.8 Å². The first-order chi connectivity index (χ1) is 18.3. The molecule has 0 bridgehead atoms. The van der Waals surface area contributed by atoms with Crippen LogP contribution >= 0.6 is 22.9 Å². The number of carbonyl (C=O) groups is 1. The molecule has 13 heteroatoms. The normalized spacial score (nSPS) is 26.6. The Labute approximate surface area is 236 Å². The van der Waals surface area contributed by atoms with Gasteiger partial charge in [0.05, 0.1) is 16.0 Å². The number of aromatic nitrogens is 4. The Kier molecular flexibility index (Phi) is 5.44. The van der Waals surface area contributed by atoms with Crippen molar-refractivity contribution in [2.45, 2.75) is 80.7 Å². The van der Waals surface area contributed by atoms with E-state index in [2.05, 4.69) is 19.9 Å². The summed E-state index contributed by atoms with van der Waals surface area (Å²) >= 11 is 8.19. The maximum absolute atomic E-state index is 13.6. The maximum atomic E-state index is 13.6. The first-order valence-corrected chi connectivity index (χ1v) is 16.2. The molecule has 3 N–H and O–H groups in total. The number of halogens is 1. The molecule has 3 saturated carbocycles. The fraction of sp³-hybridized carbons (Fsp3) is 0.615. The van der Waals surface area contributed by atoms with Gasteiger partial charge in [0, 0.05) is 36.2 Å². The molecular weight excluding hydrogens is 558 g/mol. The lowest BCUT2D eigenvalue weighted by molar-refractivity contribution is -0.135. The number of amides is 1. The fourth-order valence-electron chi connectivity index (χ4n) is 6.01. The predicted octanol–water partition coefficient (Wildman–Crippen LogP) is 3.43. The molecule has 2 atom stereocenters. The topological polar surface area (TPSA) is 136 Å². The summed E-state index contributed by atoms with van der Waals surface area (Å²) < 4.78 is 31.9. The first-order valence-electron chi connectivity index (χ1n) is 13.5. The van der Waals surface area contributed by atoms with Crippen molar-refractivity contribution in [3.63, 3.8) is 0 Å². The summed E-state index contributed by atoms with van der Waals surface area (Å²) in [6, 6.07) is 1.78. The average Bonchev–Trinajstić information content (AvgIpc) is 3.84. The SMILES string of the molecule is CC(C)C(=O)N1CC[C@@]2(c3cc(S(=O)(=O)NC4(C)CC4)cn4c(-c5nnc(C6(N)CC6)s5)nc(Cl)c34)C[C@H]2C1. The van der Waals surface area contributed by atoms with Crippen LogP contribution in [0.1, 0.15) is 69.9 Å². The van der Waals surface area contributed by atoms with Gasteiger partial charge in [-0.3, -0.25) is 9.20 Å². The molecule has 39 heavy (non-hydrogen) atoms. The van der Waals surface area contributed by atoms with Gasteiger partial charge in [-0.1, -0.05) is 36.8 Å². The fourth-order valence-corrected chi connectivity index (χ4v) is 8.76. The van der Waals surface area contributed by atoms with Gasteiger partial charge < -0.3 is 10.6 Å². The van der Waals surface area contributed by atoms with E-state index in [1.165, 1.54) is 11.3 Å². The minimum atomic E-state index is -3.81. The molecule has 4 aliphatic rings. The zero-order chi connectivity index (χ0) is 27.5. The summed E-state index contributed by atoms with van der Waals surface area (Å²) in [6.45, 7) is 7.05. The van der Waals surface area contributed by atoms with Crippen LogP contribution in [-0.4, -0.2) is 57.4 Å². The molecule has 0 unspecified atom stereocenters. The van der Waals surface area contributed by atoms with E-state index in [4.69, 9.17) is 17.3 Å². The van der Waals surface area contributed by atoms with Crippen LogP contribution in [0.15, 0.2) is 17.2 Å². The highest BCUT2D eigenvalue weighted by Crippen LogP contribution is 2.61. The summed E-state index contributed by atoms with van der Waals surface area (Å²) in [5, 5.41) is 10.3. The second-order valence-corrected chi connectivity index (χ2v) is 15.5. The highest BCUT2D eigenvalue weighted by atomic mass is 35.5. The van der Waals surface area contributed by atoms with Crippen LogP contribution in [-0.2, 0) is 25.8 Å². The predicted molar refractivity (Wildman–Crippen MR) is 148 cm³/mol. The van der Waals surface area contributed by atoms with Crippen molar-refractivity contribution >= 4 is 44.4 Å². The average molecular weight is 590 g/mol. The molecule has 4 heterocycles. The number of nitrogens with one attached hydrogen (secondary N) is 1. The minimum Gasteiger partial charge on any atom is -0.342 e. The Morgan fingerprint density at radius 3 is 2.62 bits per heavy atom. The number of rotatable bonds is 7. The lowest BCUT2D eigenvalue weighted by Gasteiger charge is -2.33. The van der Waals surface area contributed by atoms with E-state index in [0.29, 0.717) is 34.6 Å². The van der Waals surface area contributed by atoms with Gasteiger partial charge >= 0.3 is 0 Å². The van der Waals surface area contributed by atoms with Gasteiger partial charge in [0.25, 0.3) is 0 Å². The summed E-state index contributed by atoms with van der Waals surface area (Å²) in [7, 11) is -3.81. The molecule has 3 aliphatic carbocycles. The van der Waals surface area contributed by atoms with E-state index in [9.17, 15) is 13.2 Å². The quantitative estimate of drug-likeness (QED) is 0.431. The van der Waals surface area contributed by atoms with Gasteiger partial charge in [-0.05, 0) is 63.0 Å². The van der Waals surface area contributed by atoms with Crippen LogP contribution in [0.3, 0.4) is 0 Å².